The van der Waals surface area contributed by atoms with Crippen LogP contribution in [-0.4, -0.2) is 34.1 Å². The van der Waals surface area contributed by atoms with Gasteiger partial charge in [-0.2, -0.15) is 5.10 Å². The predicted octanol–water partition coefficient (Wildman–Crippen LogP) is 2.83. The molecule has 0 bridgehead atoms. The summed E-state index contributed by atoms with van der Waals surface area (Å²) in [5.74, 6) is 0. The SMILES string of the molecule is CCn1nc(C)c(NC(=O)NCC(CC)(CC)CCO)c1C. The van der Waals surface area contributed by atoms with Gasteiger partial charge in [0.15, 0.2) is 0 Å². The van der Waals surface area contributed by atoms with E-state index in [-0.39, 0.29) is 18.1 Å². The Morgan fingerprint density at radius 1 is 1.27 bits per heavy atom. The second kappa shape index (κ2) is 8.17. The zero-order chi connectivity index (χ0) is 16.8. The third-order valence-electron chi connectivity index (χ3n) is 4.69. The largest absolute Gasteiger partial charge is 0.396 e. The monoisotopic (exact) mass is 310 g/mol. The number of nitrogens with one attached hydrogen (secondary N) is 2. The molecule has 1 aromatic rings. The van der Waals surface area contributed by atoms with Crippen molar-refractivity contribution in [3.63, 3.8) is 0 Å². The average Bonchev–Trinajstić information content (AvgIpc) is 2.79. The Balaban J connectivity index is 2.69. The third kappa shape index (κ3) is 4.22. The van der Waals surface area contributed by atoms with Crippen LogP contribution in [0.2, 0.25) is 0 Å². The summed E-state index contributed by atoms with van der Waals surface area (Å²) in [5, 5.41) is 19.5. The van der Waals surface area contributed by atoms with Gasteiger partial charge in [-0.05, 0) is 45.4 Å². The van der Waals surface area contributed by atoms with E-state index in [4.69, 9.17) is 0 Å². The minimum Gasteiger partial charge on any atom is -0.396 e. The summed E-state index contributed by atoms with van der Waals surface area (Å²) < 4.78 is 1.87. The van der Waals surface area contributed by atoms with Crippen LogP contribution in [0.3, 0.4) is 0 Å². The first kappa shape index (κ1) is 18.5. The fourth-order valence-corrected chi connectivity index (χ4v) is 2.79. The van der Waals surface area contributed by atoms with Gasteiger partial charge >= 0.3 is 6.03 Å². The molecular weight excluding hydrogens is 280 g/mol. The Bertz CT molecular complexity index is 493. The predicted molar refractivity (Wildman–Crippen MR) is 89.1 cm³/mol. The Morgan fingerprint density at radius 3 is 2.36 bits per heavy atom. The van der Waals surface area contributed by atoms with Crippen LogP contribution in [-0.2, 0) is 6.54 Å². The third-order valence-corrected chi connectivity index (χ3v) is 4.69. The van der Waals surface area contributed by atoms with Crippen molar-refractivity contribution in [3.8, 4) is 0 Å². The van der Waals surface area contributed by atoms with Gasteiger partial charge in [0.2, 0.25) is 0 Å². The summed E-state index contributed by atoms with van der Waals surface area (Å²) in [6.07, 6.45) is 2.55. The molecule has 0 saturated carbocycles. The highest BCUT2D eigenvalue weighted by molar-refractivity contribution is 5.90. The van der Waals surface area contributed by atoms with Gasteiger partial charge in [0.25, 0.3) is 0 Å². The molecule has 0 saturated heterocycles. The van der Waals surface area contributed by atoms with Gasteiger partial charge in [-0.3, -0.25) is 4.68 Å². The maximum Gasteiger partial charge on any atom is 0.319 e. The Kier molecular flexibility index (Phi) is 6.87. The van der Waals surface area contributed by atoms with Crippen LogP contribution in [0.25, 0.3) is 0 Å². The van der Waals surface area contributed by atoms with Crippen LogP contribution in [0.1, 0.15) is 51.4 Å². The molecule has 3 N–H and O–H groups in total. The second-order valence-electron chi connectivity index (χ2n) is 5.85. The highest BCUT2D eigenvalue weighted by Gasteiger charge is 2.26. The van der Waals surface area contributed by atoms with Gasteiger partial charge in [0.05, 0.1) is 17.1 Å². The fourth-order valence-electron chi connectivity index (χ4n) is 2.79. The van der Waals surface area contributed by atoms with Crippen LogP contribution in [0, 0.1) is 19.3 Å². The van der Waals surface area contributed by atoms with Gasteiger partial charge in [-0.15, -0.1) is 0 Å². The lowest BCUT2D eigenvalue weighted by Gasteiger charge is -2.31. The van der Waals surface area contributed by atoms with Crippen LogP contribution in [0.15, 0.2) is 0 Å². The molecule has 0 spiro atoms. The van der Waals surface area contributed by atoms with Gasteiger partial charge in [0.1, 0.15) is 0 Å². The molecule has 0 aliphatic heterocycles. The van der Waals surface area contributed by atoms with Crippen LogP contribution in [0.4, 0.5) is 10.5 Å². The summed E-state index contributed by atoms with van der Waals surface area (Å²) in [5.41, 5.74) is 2.52. The van der Waals surface area contributed by atoms with Gasteiger partial charge < -0.3 is 15.7 Å². The van der Waals surface area contributed by atoms with E-state index < -0.39 is 0 Å². The molecule has 0 aliphatic carbocycles. The van der Waals surface area contributed by atoms with Crippen molar-refractivity contribution in [1.82, 2.24) is 15.1 Å². The van der Waals surface area contributed by atoms with E-state index in [2.05, 4.69) is 29.6 Å². The van der Waals surface area contributed by atoms with Crippen LogP contribution < -0.4 is 10.6 Å². The Hall–Kier alpha value is -1.56. The first-order valence-corrected chi connectivity index (χ1v) is 8.12. The lowest BCUT2D eigenvalue weighted by Crippen LogP contribution is -2.39. The molecule has 0 aliphatic rings. The highest BCUT2D eigenvalue weighted by atomic mass is 16.3. The first-order chi connectivity index (χ1) is 10.4. The molecule has 0 radical (unpaired) electrons. The average molecular weight is 310 g/mol. The highest BCUT2D eigenvalue weighted by Crippen LogP contribution is 2.29. The van der Waals surface area contributed by atoms with Gasteiger partial charge in [-0.25, -0.2) is 4.79 Å². The molecular formula is C16H30N4O2. The number of carbonyl (C=O) groups excluding carboxylic acids is 1. The number of rotatable bonds is 8. The standard InChI is InChI=1S/C16H30N4O2/c1-6-16(7-2,9-10-21)11-17-15(22)18-14-12(4)19-20(8-3)13(14)5/h21H,6-11H2,1-5H3,(H2,17,18,22). The van der Waals surface area contributed by atoms with Crippen molar-refractivity contribution in [2.75, 3.05) is 18.5 Å². The number of urea groups is 1. The Morgan fingerprint density at radius 2 is 1.91 bits per heavy atom. The van der Waals surface area contributed by atoms with Crippen molar-refractivity contribution >= 4 is 11.7 Å². The number of aromatic nitrogens is 2. The van der Waals surface area contributed by atoms with Crippen LogP contribution >= 0.6 is 0 Å². The van der Waals surface area contributed by atoms with E-state index >= 15 is 0 Å². The van der Waals surface area contributed by atoms with Gasteiger partial charge in [0, 0.05) is 19.7 Å². The lowest BCUT2D eigenvalue weighted by atomic mass is 9.79. The summed E-state index contributed by atoms with van der Waals surface area (Å²) in [4.78, 5) is 12.2. The fraction of sp³-hybridized carbons (Fsp3) is 0.750. The smallest absolute Gasteiger partial charge is 0.319 e. The molecule has 126 valence electrons. The van der Waals surface area contributed by atoms with Crippen molar-refractivity contribution in [2.24, 2.45) is 5.41 Å². The number of anilines is 1. The molecule has 22 heavy (non-hydrogen) atoms. The number of amides is 2. The Labute approximate surface area is 133 Å². The van der Waals surface area contributed by atoms with Crippen molar-refractivity contribution < 1.29 is 9.90 Å². The molecule has 0 fully saturated rings. The van der Waals surface area contributed by atoms with E-state index in [1.165, 1.54) is 0 Å². The van der Waals surface area contributed by atoms with Crippen molar-refractivity contribution in [1.29, 1.82) is 0 Å². The molecule has 1 heterocycles. The molecule has 0 unspecified atom stereocenters. The number of aliphatic hydroxyl groups is 1. The first-order valence-electron chi connectivity index (χ1n) is 8.12. The molecule has 1 rings (SSSR count). The second-order valence-corrected chi connectivity index (χ2v) is 5.85. The molecule has 0 aromatic carbocycles. The van der Waals surface area contributed by atoms with Gasteiger partial charge in [-0.1, -0.05) is 13.8 Å². The number of hydrogen-bond donors (Lipinski definition) is 3. The molecule has 1 aromatic heterocycles. The van der Waals surface area contributed by atoms with Crippen molar-refractivity contribution in [2.45, 2.75) is 60.4 Å². The zero-order valence-corrected chi connectivity index (χ0v) is 14.5. The molecule has 0 atom stereocenters. The summed E-state index contributed by atoms with van der Waals surface area (Å²) in [6, 6.07) is -0.217. The van der Waals surface area contributed by atoms with Crippen LogP contribution in [0.5, 0.6) is 0 Å². The summed E-state index contributed by atoms with van der Waals surface area (Å²) in [6.45, 7) is 11.5. The van der Waals surface area contributed by atoms with Crippen molar-refractivity contribution in [3.05, 3.63) is 11.4 Å². The minimum atomic E-state index is -0.217. The van der Waals surface area contributed by atoms with E-state index in [0.717, 1.165) is 36.5 Å². The van der Waals surface area contributed by atoms with E-state index in [0.29, 0.717) is 13.0 Å². The number of aryl methyl sites for hydroxylation is 2. The lowest BCUT2D eigenvalue weighted by molar-refractivity contribution is 0.165. The number of carbonyl (C=O) groups is 1. The van der Waals surface area contributed by atoms with E-state index in [1.807, 2.05) is 25.5 Å². The molecule has 2 amide bonds. The van der Waals surface area contributed by atoms with E-state index in [1.54, 1.807) is 0 Å². The topological polar surface area (TPSA) is 79.2 Å². The normalized spacial score (nSPS) is 11.5. The summed E-state index contributed by atoms with van der Waals surface area (Å²) in [7, 11) is 0. The summed E-state index contributed by atoms with van der Waals surface area (Å²) >= 11 is 0. The maximum atomic E-state index is 12.2. The number of hydrogen-bond acceptors (Lipinski definition) is 3. The number of aliphatic hydroxyl groups excluding tert-OH is 1. The quantitative estimate of drug-likeness (QED) is 0.691. The van der Waals surface area contributed by atoms with E-state index in [9.17, 15) is 9.90 Å². The number of nitrogens with zero attached hydrogens (tertiary/aromatic N) is 2. The zero-order valence-electron chi connectivity index (χ0n) is 14.5. The molecule has 6 heteroatoms. The maximum absolute atomic E-state index is 12.2. The minimum absolute atomic E-state index is 0.0379. The molecule has 6 nitrogen and oxygen atoms in total.